The van der Waals surface area contributed by atoms with Gasteiger partial charge in [0, 0.05) is 46.7 Å². The Morgan fingerprint density at radius 2 is 1.92 bits per heavy atom. The fourth-order valence-electron chi connectivity index (χ4n) is 2.83. The van der Waals surface area contributed by atoms with Crippen LogP contribution in [0, 0.1) is 0 Å². The first-order valence-electron chi connectivity index (χ1n) is 8.38. The first-order valence-corrected chi connectivity index (χ1v) is 9.19. The molecule has 1 aromatic heterocycles. The molecule has 24 heavy (non-hydrogen) atoms. The summed E-state index contributed by atoms with van der Waals surface area (Å²) in [4.78, 5) is 8.18. The number of aryl methyl sites for hydroxylation is 1. The molecule has 0 amide bonds. The van der Waals surface area contributed by atoms with Crippen molar-refractivity contribution >= 4 is 28.4 Å². The Morgan fingerprint density at radius 3 is 2.71 bits per heavy atom. The van der Waals surface area contributed by atoms with Crippen molar-refractivity contribution in [2.45, 2.75) is 22.6 Å². The van der Waals surface area contributed by atoms with Gasteiger partial charge < -0.3 is 15.2 Å². The highest BCUT2D eigenvalue weighted by atomic mass is 32.2. The van der Waals surface area contributed by atoms with E-state index in [1.54, 1.807) is 0 Å². The van der Waals surface area contributed by atoms with Crippen LogP contribution in [0.4, 0.5) is 5.69 Å². The molecule has 0 unspecified atom stereocenters. The second-order valence-electron chi connectivity index (χ2n) is 6.19. The number of benzene rings is 2. The Bertz CT molecular complexity index is 808. The third-order valence-electron chi connectivity index (χ3n) is 4.21. The van der Waals surface area contributed by atoms with E-state index in [1.807, 2.05) is 18.8 Å². The molecule has 1 heterocycles. The zero-order valence-electron chi connectivity index (χ0n) is 14.6. The number of anilines is 1. The van der Waals surface area contributed by atoms with Gasteiger partial charge in [0.2, 0.25) is 0 Å². The zero-order chi connectivity index (χ0) is 16.9. The lowest BCUT2D eigenvalue weighted by atomic mass is 10.1. The molecule has 0 saturated heterocycles. The number of rotatable bonds is 7. The lowest BCUT2D eigenvalue weighted by molar-refractivity contribution is 0.720. The predicted octanol–water partition coefficient (Wildman–Crippen LogP) is 4.54. The van der Waals surface area contributed by atoms with Gasteiger partial charge in [0.25, 0.3) is 0 Å². The summed E-state index contributed by atoms with van der Waals surface area (Å²) in [5.41, 5.74) is 3.85. The van der Waals surface area contributed by atoms with Crippen molar-refractivity contribution in [2.75, 3.05) is 32.6 Å². The SMILES string of the molecule is CNCCCc1ccccc1Sc1c[nH]c2ccc(N(C)C)cc12. The van der Waals surface area contributed by atoms with E-state index in [9.17, 15) is 0 Å². The molecule has 0 atom stereocenters. The van der Waals surface area contributed by atoms with Crippen LogP contribution in [0.2, 0.25) is 0 Å². The average molecular weight is 340 g/mol. The van der Waals surface area contributed by atoms with Crippen LogP contribution in [0.5, 0.6) is 0 Å². The van der Waals surface area contributed by atoms with Crippen LogP contribution in [0.3, 0.4) is 0 Å². The van der Waals surface area contributed by atoms with E-state index in [0.29, 0.717) is 0 Å². The van der Waals surface area contributed by atoms with Crippen LogP contribution < -0.4 is 10.2 Å². The first kappa shape index (κ1) is 16.9. The minimum atomic E-state index is 1.05. The van der Waals surface area contributed by atoms with Crippen molar-refractivity contribution in [1.29, 1.82) is 0 Å². The molecule has 0 aliphatic rings. The molecule has 4 heteroatoms. The molecule has 126 valence electrons. The van der Waals surface area contributed by atoms with Gasteiger partial charge in [-0.05, 0) is 56.3 Å². The molecule has 2 N–H and O–H groups in total. The lowest BCUT2D eigenvalue weighted by Gasteiger charge is -2.13. The Balaban J connectivity index is 1.88. The van der Waals surface area contributed by atoms with Gasteiger partial charge in [-0.15, -0.1) is 0 Å². The van der Waals surface area contributed by atoms with Crippen LogP contribution in [-0.4, -0.2) is 32.7 Å². The van der Waals surface area contributed by atoms with E-state index < -0.39 is 0 Å². The molecule has 0 saturated carbocycles. The monoisotopic (exact) mass is 339 g/mol. The van der Waals surface area contributed by atoms with Crippen LogP contribution in [0.25, 0.3) is 10.9 Å². The summed E-state index contributed by atoms with van der Waals surface area (Å²) in [6, 6.07) is 15.3. The first-order chi connectivity index (χ1) is 11.7. The second-order valence-corrected chi connectivity index (χ2v) is 7.28. The maximum atomic E-state index is 3.40. The lowest BCUT2D eigenvalue weighted by Crippen LogP contribution is -2.08. The Labute approximate surface area is 148 Å². The van der Waals surface area contributed by atoms with E-state index in [4.69, 9.17) is 0 Å². The highest BCUT2D eigenvalue weighted by Crippen LogP contribution is 2.37. The fourth-order valence-corrected chi connectivity index (χ4v) is 3.91. The topological polar surface area (TPSA) is 31.1 Å². The smallest absolute Gasteiger partial charge is 0.0467 e. The number of hydrogen-bond acceptors (Lipinski definition) is 3. The van der Waals surface area contributed by atoms with Crippen molar-refractivity contribution in [3.8, 4) is 0 Å². The van der Waals surface area contributed by atoms with Crippen LogP contribution >= 0.6 is 11.8 Å². The van der Waals surface area contributed by atoms with Gasteiger partial charge in [-0.1, -0.05) is 30.0 Å². The number of aromatic nitrogens is 1. The Morgan fingerprint density at radius 1 is 1.08 bits per heavy atom. The van der Waals surface area contributed by atoms with Gasteiger partial charge in [-0.3, -0.25) is 0 Å². The van der Waals surface area contributed by atoms with Gasteiger partial charge in [0.15, 0.2) is 0 Å². The highest BCUT2D eigenvalue weighted by Gasteiger charge is 2.10. The van der Waals surface area contributed by atoms with E-state index >= 15 is 0 Å². The summed E-state index contributed by atoms with van der Waals surface area (Å²) >= 11 is 1.86. The third-order valence-corrected chi connectivity index (χ3v) is 5.39. The summed E-state index contributed by atoms with van der Waals surface area (Å²) < 4.78 is 0. The third kappa shape index (κ3) is 3.77. The van der Waals surface area contributed by atoms with Crippen LogP contribution in [0.15, 0.2) is 58.5 Å². The molecule has 3 aromatic rings. The standard InChI is InChI=1S/C20H25N3S/c1-21-12-6-8-15-7-4-5-9-19(15)24-20-14-22-18-11-10-16(23(2)3)13-17(18)20/h4-5,7,9-11,13-14,21-22H,6,8,12H2,1-3H3. The van der Waals surface area contributed by atoms with E-state index in [1.165, 1.54) is 31.9 Å². The number of aromatic amines is 1. The van der Waals surface area contributed by atoms with Crippen molar-refractivity contribution in [3.63, 3.8) is 0 Å². The molecule has 0 radical (unpaired) electrons. The minimum Gasteiger partial charge on any atom is -0.378 e. The molecule has 0 spiro atoms. The number of nitrogens with zero attached hydrogens (tertiary/aromatic N) is 1. The average Bonchev–Trinajstić information content (AvgIpc) is 2.99. The maximum absolute atomic E-state index is 3.40. The summed E-state index contributed by atoms with van der Waals surface area (Å²) in [6.45, 7) is 1.05. The molecule has 0 aliphatic carbocycles. The van der Waals surface area contributed by atoms with Crippen molar-refractivity contribution in [1.82, 2.24) is 10.3 Å². The van der Waals surface area contributed by atoms with Gasteiger partial charge in [0.1, 0.15) is 0 Å². The summed E-state index contributed by atoms with van der Waals surface area (Å²) in [5, 5.41) is 4.52. The van der Waals surface area contributed by atoms with E-state index in [0.717, 1.165) is 19.4 Å². The summed E-state index contributed by atoms with van der Waals surface area (Å²) in [6.07, 6.45) is 4.39. The molecule has 0 aliphatic heterocycles. The second kappa shape index (κ2) is 7.77. The number of fused-ring (bicyclic) bond motifs is 1. The highest BCUT2D eigenvalue weighted by molar-refractivity contribution is 7.99. The Kier molecular flexibility index (Phi) is 5.48. The van der Waals surface area contributed by atoms with Crippen molar-refractivity contribution in [3.05, 3.63) is 54.2 Å². The molecule has 0 fully saturated rings. The molecule has 3 nitrogen and oxygen atoms in total. The van der Waals surface area contributed by atoms with Gasteiger partial charge in [0.05, 0.1) is 0 Å². The van der Waals surface area contributed by atoms with Crippen molar-refractivity contribution < 1.29 is 0 Å². The molecular weight excluding hydrogens is 314 g/mol. The summed E-state index contributed by atoms with van der Waals surface area (Å²) in [5.74, 6) is 0. The van der Waals surface area contributed by atoms with E-state index in [-0.39, 0.29) is 0 Å². The van der Waals surface area contributed by atoms with Gasteiger partial charge in [-0.2, -0.15) is 0 Å². The summed E-state index contributed by atoms with van der Waals surface area (Å²) in [7, 11) is 6.17. The Hall–Kier alpha value is -1.91. The number of hydrogen-bond donors (Lipinski definition) is 2. The number of H-pyrrole nitrogens is 1. The largest absolute Gasteiger partial charge is 0.378 e. The zero-order valence-corrected chi connectivity index (χ0v) is 15.4. The van der Waals surface area contributed by atoms with E-state index in [2.05, 4.69) is 78.0 Å². The molecular formula is C20H25N3S. The van der Waals surface area contributed by atoms with Crippen molar-refractivity contribution in [2.24, 2.45) is 0 Å². The maximum Gasteiger partial charge on any atom is 0.0467 e. The quantitative estimate of drug-likeness (QED) is 0.620. The predicted molar refractivity (Wildman–Crippen MR) is 105 cm³/mol. The van der Waals surface area contributed by atoms with Crippen LogP contribution in [0.1, 0.15) is 12.0 Å². The normalized spacial score (nSPS) is 11.1. The molecule has 2 aromatic carbocycles. The fraction of sp³-hybridized carbons (Fsp3) is 0.300. The molecule has 0 bridgehead atoms. The van der Waals surface area contributed by atoms with Gasteiger partial charge in [-0.25, -0.2) is 0 Å². The van der Waals surface area contributed by atoms with Gasteiger partial charge >= 0.3 is 0 Å². The minimum absolute atomic E-state index is 1.05. The number of nitrogens with one attached hydrogen (secondary N) is 2. The molecule has 3 rings (SSSR count). The van der Waals surface area contributed by atoms with Crippen LogP contribution in [-0.2, 0) is 6.42 Å².